The van der Waals surface area contributed by atoms with Crippen molar-refractivity contribution in [2.24, 2.45) is 0 Å². The molecule has 1 amide bonds. The summed E-state index contributed by atoms with van der Waals surface area (Å²) in [6, 6.07) is 5.31. The number of nitrogens with one attached hydrogen (secondary N) is 2. The largest absolute Gasteiger partial charge is 0.495 e. The second kappa shape index (κ2) is 6.66. The second-order valence-corrected chi connectivity index (χ2v) is 5.40. The zero-order valence-corrected chi connectivity index (χ0v) is 12.6. The van der Waals surface area contributed by atoms with Crippen molar-refractivity contribution in [3.05, 3.63) is 23.2 Å². The van der Waals surface area contributed by atoms with E-state index in [-0.39, 0.29) is 18.0 Å². The normalized spacial score (nSPS) is 11.0. The number of methoxy groups -OCH3 is 1. The molecule has 0 bridgehead atoms. The fourth-order valence-corrected chi connectivity index (χ4v) is 1.66. The summed E-state index contributed by atoms with van der Waals surface area (Å²) in [7, 11) is 1.56. The lowest BCUT2D eigenvalue weighted by Gasteiger charge is -2.24. The summed E-state index contributed by atoms with van der Waals surface area (Å²) >= 11 is 5.93. The summed E-state index contributed by atoms with van der Waals surface area (Å²) in [5.74, 6) is 0.543. The van der Waals surface area contributed by atoms with Crippen LogP contribution in [0.2, 0.25) is 5.02 Å². The van der Waals surface area contributed by atoms with Gasteiger partial charge in [0.1, 0.15) is 5.75 Å². The molecule has 0 aliphatic carbocycles. The molecule has 0 aliphatic rings. The van der Waals surface area contributed by atoms with Gasteiger partial charge in [0.05, 0.1) is 18.7 Å². The number of hydrogen-bond donors (Lipinski definition) is 2. The van der Waals surface area contributed by atoms with E-state index in [4.69, 9.17) is 16.3 Å². The van der Waals surface area contributed by atoms with E-state index in [2.05, 4.69) is 10.6 Å². The fourth-order valence-electron chi connectivity index (χ4n) is 1.46. The van der Waals surface area contributed by atoms with Gasteiger partial charge in [0.25, 0.3) is 0 Å². The van der Waals surface area contributed by atoms with E-state index in [1.807, 2.05) is 26.8 Å². The van der Waals surface area contributed by atoms with Crippen LogP contribution in [-0.4, -0.2) is 25.1 Å². The topological polar surface area (TPSA) is 50.4 Å². The molecule has 0 saturated heterocycles. The van der Waals surface area contributed by atoms with E-state index in [1.54, 1.807) is 19.2 Å². The molecule has 1 aromatic carbocycles. The predicted molar refractivity (Wildman–Crippen MR) is 79.0 cm³/mol. The highest BCUT2D eigenvalue weighted by atomic mass is 35.5. The average Bonchev–Trinajstić information content (AvgIpc) is 2.37. The van der Waals surface area contributed by atoms with E-state index >= 15 is 0 Å². The van der Waals surface area contributed by atoms with Crippen LogP contribution in [0.3, 0.4) is 0 Å². The van der Waals surface area contributed by atoms with Crippen LogP contribution in [0.4, 0.5) is 5.69 Å². The van der Waals surface area contributed by atoms with Crippen molar-refractivity contribution in [3.8, 4) is 5.75 Å². The van der Waals surface area contributed by atoms with Crippen molar-refractivity contribution in [1.82, 2.24) is 5.32 Å². The molecule has 1 rings (SSSR count). The van der Waals surface area contributed by atoms with E-state index < -0.39 is 0 Å². The SMILES string of the molecule is CCC(C)(C)NC(=O)CNc1ccc(Cl)c(OC)c1. The molecule has 0 unspecified atom stereocenters. The Morgan fingerprint density at radius 2 is 2.11 bits per heavy atom. The van der Waals surface area contributed by atoms with Crippen molar-refractivity contribution in [2.45, 2.75) is 32.7 Å². The number of benzene rings is 1. The number of halogens is 1. The molecule has 0 radical (unpaired) electrons. The number of carbonyl (C=O) groups excluding carboxylic acids is 1. The van der Waals surface area contributed by atoms with Crippen molar-refractivity contribution in [2.75, 3.05) is 19.0 Å². The Bertz CT molecular complexity index is 447. The Hall–Kier alpha value is -1.42. The lowest BCUT2D eigenvalue weighted by Crippen LogP contribution is -2.45. The van der Waals surface area contributed by atoms with E-state index in [0.29, 0.717) is 10.8 Å². The van der Waals surface area contributed by atoms with Gasteiger partial charge in [-0.25, -0.2) is 0 Å². The van der Waals surface area contributed by atoms with Crippen LogP contribution in [0.1, 0.15) is 27.2 Å². The third-order valence-electron chi connectivity index (χ3n) is 2.97. The molecule has 0 saturated carbocycles. The van der Waals surface area contributed by atoms with Gasteiger partial charge in [-0.1, -0.05) is 18.5 Å². The Morgan fingerprint density at radius 3 is 2.68 bits per heavy atom. The van der Waals surface area contributed by atoms with Crippen LogP contribution in [0.15, 0.2) is 18.2 Å². The fraction of sp³-hybridized carbons (Fsp3) is 0.500. The highest BCUT2D eigenvalue weighted by Gasteiger charge is 2.17. The first-order valence-corrected chi connectivity index (χ1v) is 6.64. The van der Waals surface area contributed by atoms with Crippen molar-refractivity contribution < 1.29 is 9.53 Å². The summed E-state index contributed by atoms with van der Waals surface area (Å²) in [6.45, 7) is 6.25. The molecule has 0 atom stereocenters. The number of rotatable bonds is 6. The number of ether oxygens (including phenoxy) is 1. The molecule has 19 heavy (non-hydrogen) atoms. The van der Waals surface area contributed by atoms with Crippen LogP contribution < -0.4 is 15.4 Å². The summed E-state index contributed by atoms with van der Waals surface area (Å²) in [4.78, 5) is 11.8. The first kappa shape index (κ1) is 15.6. The maximum absolute atomic E-state index is 11.8. The molecule has 4 nitrogen and oxygen atoms in total. The van der Waals surface area contributed by atoms with Crippen LogP contribution in [-0.2, 0) is 4.79 Å². The molecular weight excluding hydrogens is 264 g/mol. The van der Waals surface area contributed by atoms with Gasteiger partial charge in [0.15, 0.2) is 0 Å². The monoisotopic (exact) mass is 284 g/mol. The minimum absolute atomic E-state index is 0.0410. The molecule has 2 N–H and O–H groups in total. The molecule has 1 aromatic rings. The van der Waals surface area contributed by atoms with E-state index in [0.717, 1.165) is 12.1 Å². The smallest absolute Gasteiger partial charge is 0.239 e. The van der Waals surface area contributed by atoms with Crippen molar-refractivity contribution in [3.63, 3.8) is 0 Å². The lowest BCUT2D eigenvalue weighted by atomic mass is 10.0. The standard InChI is InChI=1S/C14H21ClN2O2/c1-5-14(2,3)17-13(18)9-16-10-6-7-11(15)12(8-10)19-4/h6-8,16H,5,9H2,1-4H3,(H,17,18). The maximum atomic E-state index is 11.8. The van der Waals surface area contributed by atoms with Crippen LogP contribution >= 0.6 is 11.6 Å². The molecule has 0 heterocycles. The van der Waals surface area contributed by atoms with Gasteiger partial charge < -0.3 is 15.4 Å². The van der Waals surface area contributed by atoms with Crippen molar-refractivity contribution >= 4 is 23.2 Å². The van der Waals surface area contributed by atoms with Crippen LogP contribution in [0.25, 0.3) is 0 Å². The molecule has 106 valence electrons. The minimum atomic E-state index is -0.184. The molecular formula is C14H21ClN2O2. The summed E-state index contributed by atoms with van der Waals surface area (Å²) in [5, 5.41) is 6.55. The first-order chi connectivity index (χ1) is 8.88. The van der Waals surface area contributed by atoms with Gasteiger partial charge in [-0.2, -0.15) is 0 Å². The van der Waals surface area contributed by atoms with Gasteiger partial charge in [0, 0.05) is 17.3 Å². The summed E-state index contributed by atoms with van der Waals surface area (Å²) in [5.41, 5.74) is 0.613. The van der Waals surface area contributed by atoms with Crippen molar-refractivity contribution in [1.29, 1.82) is 0 Å². The number of amides is 1. The number of hydrogen-bond acceptors (Lipinski definition) is 3. The zero-order chi connectivity index (χ0) is 14.5. The second-order valence-electron chi connectivity index (χ2n) is 4.99. The third kappa shape index (κ3) is 4.99. The van der Waals surface area contributed by atoms with Gasteiger partial charge in [0.2, 0.25) is 5.91 Å². The molecule has 0 aromatic heterocycles. The highest BCUT2D eigenvalue weighted by Crippen LogP contribution is 2.27. The van der Waals surface area contributed by atoms with Gasteiger partial charge in [-0.05, 0) is 32.4 Å². The molecule has 0 spiro atoms. The van der Waals surface area contributed by atoms with Gasteiger partial charge >= 0.3 is 0 Å². The Kier molecular flexibility index (Phi) is 5.48. The van der Waals surface area contributed by atoms with E-state index in [1.165, 1.54) is 0 Å². The van der Waals surface area contributed by atoms with Gasteiger partial charge in [-0.15, -0.1) is 0 Å². The maximum Gasteiger partial charge on any atom is 0.239 e. The molecule has 0 aliphatic heterocycles. The van der Waals surface area contributed by atoms with Crippen LogP contribution in [0.5, 0.6) is 5.75 Å². The average molecular weight is 285 g/mol. The Balaban J connectivity index is 2.55. The number of carbonyl (C=O) groups is 1. The summed E-state index contributed by atoms with van der Waals surface area (Å²) in [6.07, 6.45) is 0.882. The predicted octanol–water partition coefficient (Wildman–Crippen LogP) is 3.07. The lowest BCUT2D eigenvalue weighted by molar-refractivity contribution is -0.121. The Labute approximate surface area is 119 Å². The summed E-state index contributed by atoms with van der Waals surface area (Å²) < 4.78 is 5.12. The number of anilines is 1. The quantitative estimate of drug-likeness (QED) is 0.844. The Morgan fingerprint density at radius 1 is 1.42 bits per heavy atom. The van der Waals surface area contributed by atoms with E-state index in [9.17, 15) is 4.79 Å². The molecule has 0 fully saturated rings. The third-order valence-corrected chi connectivity index (χ3v) is 3.28. The van der Waals surface area contributed by atoms with Crippen LogP contribution in [0, 0.1) is 0 Å². The first-order valence-electron chi connectivity index (χ1n) is 6.26. The minimum Gasteiger partial charge on any atom is -0.495 e. The van der Waals surface area contributed by atoms with Gasteiger partial charge in [-0.3, -0.25) is 4.79 Å². The zero-order valence-electron chi connectivity index (χ0n) is 11.8. The molecule has 5 heteroatoms. The highest BCUT2D eigenvalue weighted by molar-refractivity contribution is 6.32.